The maximum Gasteiger partial charge on any atom is 0.230 e. The van der Waals surface area contributed by atoms with E-state index in [1.165, 1.54) is 6.33 Å². The van der Waals surface area contributed by atoms with Gasteiger partial charge in [-0.3, -0.25) is 9.48 Å². The summed E-state index contributed by atoms with van der Waals surface area (Å²) < 4.78 is 7.21. The molecule has 28 heavy (non-hydrogen) atoms. The molecule has 2 bridgehead atoms. The van der Waals surface area contributed by atoms with Gasteiger partial charge in [-0.05, 0) is 42.5 Å². The van der Waals surface area contributed by atoms with E-state index in [-0.39, 0.29) is 18.2 Å². The Balaban J connectivity index is 1.26. The fourth-order valence-corrected chi connectivity index (χ4v) is 4.43. The second-order valence-corrected chi connectivity index (χ2v) is 7.96. The Bertz CT molecular complexity index is 1000. The molecule has 0 spiro atoms. The van der Waals surface area contributed by atoms with Gasteiger partial charge >= 0.3 is 0 Å². The van der Waals surface area contributed by atoms with Gasteiger partial charge in [0.05, 0.1) is 6.42 Å². The molecular formula is C19H19ClN6O2. The summed E-state index contributed by atoms with van der Waals surface area (Å²) >= 11 is 5.94. The summed E-state index contributed by atoms with van der Waals surface area (Å²) in [6, 6.07) is 7.38. The zero-order chi connectivity index (χ0) is 19.3. The standard InChI is InChI=1S/C19H19ClN6O2/c1-25-15(21-10-22-25)7-16(27)26-8-12-6-13(9-26)17(12)19-23-18(24-28-19)11-2-4-14(20)5-3-11/h2-5,10,12-13,17H,6-9H2,1H3/t12-,13+,17?. The first-order valence-electron chi connectivity index (χ1n) is 9.28. The molecule has 3 aromatic rings. The number of fused-ring (bicyclic) bond motifs is 2. The van der Waals surface area contributed by atoms with E-state index in [0.717, 1.165) is 25.1 Å². The van der Waals surface area contributed by atoms with Gasteiger partial charge in [0.15, 0.2) is 0 Å². The van der Waals surface area contributed by atoms with E-state index < -0.39 is 0 Å². The Morgan fingerprint density at radius 3 is 2.68 bits per heavy atom. The smallest absolute Gasteiger partial charge is 0.230 e. The Morgan fingerprint density at radius 2 is 2.00 bits per heavy atom. The zero-order valence-electron chi connectivity index (χ0n) is 15.3. The highest BCUT2D eigenvalue weighted by atomic mass is 35.5. The van der Waals surface area contributed by atoms with Crippen molar-refractivity contribution >= 4 is 17.5 Å². The van der Waals surface area contributed by atoms with Crippen molar-refractivity contribution in [1.29, 1.82) is 0 Å². The van der Waals surface area contributed by atoms with Crippen LogP contribution in [0.15, 0.2) is 35.1 Å². The minimum Gasteiger partial charge on any atom is -0.342 e. The molecule has 8 nitrogen and oxygen atoms in total. The van der Waals surface area contributed by atoms with E-state index >= 15 is 0 Å². The van der Waals surface area contributed by atoms with Gasteiger partial charge < -0.3 is 9.42 Å². The van der Waals surface area contributed by atoms with Crippen LogP contribution in [0.1, 0.15) is 24.1 Å². The van der Waals surface area contributed by atoms with Gasteiger partial charge in [0.25, 0.3) is 0 Å². The molecule has 1 amide bonds. The maximum absolute atomic E-state index is 12.6. The molecule has 3 fully saturated rings. The predicted molar refractivity (Wildman–Crippen MR) is 100 cm³/mol. The number of rotatable bonds is 4. The van der Waals surface area contributed by atoms with Crippen molar-refractivity contribution in [3.8, 4) is 11.4 Å². The fraction of sp³-hybridized carbons (Fsp3) is 0.421. The molecule has 4 heterocycles. The van der Waals surface area contributed by atoms with E-state index in [2.05, 4.69) is 20.2 Å². The third-order valence-electron chi connectivity index (χ3n) is 5.83. The number of piperidine rings is 2. The first-order chi connectivity index (χ1) is 13.6. The van der Waals surface area contributed by atoms with Gasteiger partial charge in [-0.25, -0.2) is 4.98 Å². The molecule has 1 saturated carbocycles. The molecule has 2 saturated heterocycles. The summed E-state index contributed by atoms with van der Waals surface area (Å²) in [4.78, 5) is 23.3. The number of aromatic nitrogens is 5. The molecule has 2 aliphatic heterocycles. The highest BCUT2D eigenvalue weighted by Gasteiger charge is 2.51. The molecule has 9 heteroatoms. The van der Waals surface area contributed by atoms with E-state index in [0.29, 0.717) is 34.4 Å². The summed E-state index contributed by atoms with van der Waals surface area (Å²) in [5, 5.41) is 8.83. The van der Waals surface area contributed by atoms with Crippen molar-refractivity contribution < 1.29 is 9.32 Å². The van der Waals surface area contributed by atoms with Gasteiger partial charge in [0.1, 0.15) is 12.2 Å². The van der Waals surface area contributed by atoms with Crippen LogP contribution >= 0.6 is 11.6 Å². The molecule has 2 aromatic heterocycles. The highest BCUT2D eigenvalue weighted by molar-refractivity contribution is 6.30. The number of benzene rings is 1. The van der Waals surface area contributed by atoms with E-state index in [1.54, 1.807) is 11.7 Å². The van der Waals surface area contributed by atoms with E-state index in [4.69, 9.17) is 16.1 Å². The van der Waals surface area contributed by atoms with Crippen molar-refractivity contribution in [1.82, 2.24) is 29.8 Å². The Morgan fingerprint density at radius 1 is 1.25 bits per heavy atom. The molecule has 144 valence electrons. The van der Waals surface area contributed by atoms with E-state index in [9.17, 15) is 4.79 Å². The van der Waals surface area contributed by atoms with Gasteiger partial charge in [-0.2, -0.15) is 10.1 Å². The van der Waals surface area contributed by atoms with Crippen LogP contribution in [0.2, 0.25) is 5.02 Å². The summed E-state index contributed by atoms with van der Waals surface area (Å²) in [6.07, 6.45) is 2.85. The van der Waals surface area contributed by atoms with Crippen LogP contribution in [0.25, 0.3) is 11.4 Å². The lowest BCUT2D eigenvalue weighted by Gasteiger charge is -2.52. The number of carbonyl (C=O) groups is 1. The number of hydrogen-bond acceptors (Lipinski definition) is 6. The molecule has 0 N–H and O–H groups in total. The van der Waals surface area contributed by atoms with Crippen LogP contribution in [-0.4, -0.2) is 48.8 Å². The van der Waals surface area contributed by atoms with Gasteiger partial charge in [-0.1, -0.05) is 16.8 Å². The molecule has 6 rings (SSSR count). The average Bonchev–Trinajstić information content (AvgIpc) is 3.32. The minimum atomic E-state index is 0.0941. The highest BCUT2D eigenvalue weighted by Crippen LogP contribution is 2.51. The van der Waals surface area contributed by atoms with Crippen LogP contribution in [-0.2, 0) is 18.3 Å². The summed E-state index contributed by atoms with van der Waals surface area (Å²) in [6.45, 7) is 1.44. The third kappa shape index (κ3) is 2.97. The normalized spacial score (nSPS) is 23.5. The first-order valence-corrected chi connectivity index (χ1v) is 9.66. The molecular weight excluding hydrogens is 380 g/mol. The second kappa shape index (κ2) is 6.70. The maximum atomic E-state index is 12.6. The molecule has 1 aromatic carbocycles. The fourth-order valence-electron chi connectivity index (χ4n) is 4.31. The number of aryl methyl sites for hydroxylation is 1. The van der Waals surface area contributed by atoms with Crippen molar-refractivity contribution in [2.24, 2.45) is 18.9 Å². The van der Waals surface area contributed by atoms with E-state index in [1.807, 2.05) is 29.2 Å². The number of amides is 1. The SMILES string of the molecule is Cn1ncnc1CC(=O)N1C[C@H]2C[C@@H](C1)C2c1nc(-c2ccc(Cl)cc2)no1. The summed E-state index contributed by atoms with van der Waals surface area (Å²) in [5.41, 5.74) is 0.879. The number of nitrogens with zero attached hydrogens (tertiary/aromatic N) is 6. The molecule has 1 aliphatic carbocycles. The minimum absolute atomic E-state index is 0.0941. The van der Waals surface area contributed by atoms with Crippen molar-refractivity contribution in [2.75, 3.05) is 13.1 Å². The Labute approximate surface area is 166 Å². The van der Waals surface area contributed by atoms with Crippen LogP contribution < -0.4 is 0 Å². The monoisotopic (exact) mass is 398 g/mol. The molecule has 3 atom stereocenters. The van der Waals surface area contributed by atoms with Crippen molar-refractivity contribution in [3.05, 3.63) is 47.3 Å². The lowest BCUT2D eigenvalue weighted by Crippen LogP contribution is -2.56. The van der Waals surface area contributed by atoms with Crippen LogP contribution in [0.3, 0.4) is 0 Å². The molecule has 1 unspecified atom stereocenters. The number of carbonyl (C=O) groups excluding carboxylic acids is 1. The lowest BCUT2D eigenvalue weighted by molar-refractivity contribution is -0.139. The van der Waals surface area contributed by atoms with Gasteiger partial charge in [0, 0.05) is 36.6 Å². The summed E-state index contributed by atoms with van der Waals surface area (Å²) in [7, 11) is 1.80. The Kier molecular flexibility index (Phi) is 4.16. The van der Waals surface area contributed by atoms with Crippen LogP contribution in [0.4, 0.5) is 0 Å². The van der Waals surface area contributed by atoms with Crippen molar-refractivity contribution in [3.63, 3.8) is 0 Å². The predicted octanol–water partition coefficient (Wildman–Crippen LogP) is 2.32. The quantitative estimate of drug-likeness (QED) is 0.670. The van der Waals surface area contributed by atoms with Gasteiger partial charge in [0.2, 0.25) is 17.6 Å². The van der Waals surface area contributed by atoms with Crippen molar-refractivity contribution in [2.45, 2.75) is 18.8 Å². The van der Waals surface area contributed by atoms with Crippen LogP contribution in [0.5, 0.6) is 0 Å². The van der Waals surface area contributed by atoms with Gasteiger partial charge in [-0.15, -0.1) is 0 Å². The average molecular weight is 399 g/mol. The number of halogens is 1. The molecule has 0 radical (unpaired) electrons. The largest absolute Gasteiger partial charge is 0.342 e. The molecule has 3 aliphatic rings. The first kappa shape index (κ1) is 17.4. The lowest BCUT2D eigenvalue weighted by atomic mass is 9.61. The third-order valence-corrected chi connectivity index (χ3v) is 6.08. The summed E-state index contributed by atoms with van der Waals surface area (Å²) in [5.74, 6) is 2.98. The Hall–Kier alpha value is -2.74. The van der Waals surface area contributed by atoms with Crippen LogP contribution in [0, 0.1) is 11.8 Å². The topological polar surface area (TPSA) is 89.9 Å². The number of hydrogen-bond donors (Lipinski definition) is 0. The second-order valence-electron chi connectivity index (χ2n) is 7.52. The zero-order valence-corrected chi connectivity index (χ0v) is 16.1.